The molecule has 194 valence electrons. The molecule has 2 amide bonds. The number of hydrogen-bond acceptors (Lipinski definition) is 9. The molecule has 3 saturated heterocycles. The number of benzene rings is 1. The number of likely N-dealkylation sites (tertiary alicyclic amines) is 1. The van der Waals surface area contributed by atoms with Crippen molar-refractivity contribution in [2.75, 3.05) is 30.3 Å². The summed E-state index contributed by atoms with van der Waals surface area (Å²) in [5.41, 5.74) is 6.90. The molecule has 0 radical (unpaired) electrons. The van der Waals surface area contributed by atoms with Crippen LogP contribution in [0.15, 0.2) is 53.1 Å². The van der Waals surface area contributed by atoms with Crippen LogP contribution in [0.1, 0.15) is 36.0 Å². The van der Waals surface area contributed by atoms with Gasteiger partial charge in [-0.2, -0.15) is 19.5 Å². The van der Waals surface area contributed by atoms with Crippen LogP contribution in [0.5, 0.6) is 0 Å². The third-order valence-electron chi connectivity index (χ3n) is 7.80. The van der Waals surface area contributed by atoms with Gasteiger partial charge < -0.3 is 24.9 Å². The highest BCUT2D eigenvalue weighted by atomic mass is 16.3. The molecule has 3 atom stereocenters. The van der Waals surface area contributed by atoms with E-state index in [0.717, 1.165) is 19.3 Å². The summed E-state index contributed by atoms with van der Waals surface area (Å²) in [6.45, 7) is 1.74. The lowest BCUT2D eigenvalue weighted by Crippen LogP contribution is -2.60. The first-order chi connectivity index (χ1) is 18.6. The van der Waals surface area contributed by atoms with E-state index in [0.29, 0.717) is 54.9 Å². The van der Waals surface area contributed by atoms with E-state index in [1.165, 1.54) is 4.52 Å². The van der Waals surface area contributed by atoms with Crippen molar-refractivity contribution in [1.29, 1.82) is 0 Å². The number of piperazine rings is 1. The third kappa shape index (κ3) is 3.66. The molecule has 12 nitrogen and oxygen atoms in total. The first kappa shape index (κ1) is 22.7. The summed E-state index contributed by atoms with van der Waals surface area (Å²) in [6.07, 6.45) is 4.89. The van der Waals surface area contributed by atoms with Crippen molar-refractivity contribution in [3.63, 3.8) is 0 Å². The Labute approximate surface area is 218 Å². The number of nitrogens with zero attached hydrogens (tertiary/aromatic N) is 8. The first-order valence-corrected chi connectivity index (χ1v) is 12.9. The van der Waals surface area contributed by atoms with E-state index in [1.54, 1.807) is 18.4 Å². The summed E-state index contributed by atoms with van der Waals surface area (Å²) in [5.74, 6) is 1.77. The fourth-order valence-electron chi connectivity index (χ4n) is 6.06. The van der Waals surface area contributed by atoms with Gasteiger partial charge in [0.05, 0.1) is 6.26 Å². The highest BCUT2D eigenvalue weighted by molar-refractivity contribution is 5.94. The van der Waals surface area contributed by atoms with Crippen LogP contribution in [0.4, 0.5) is 11.9 Å². The van der Waals surface area contributed by atoms with E-state index in [1.807, 2.05) is 45.0 Å². The van der Waals surface area contributed by atoms with Gasteiger partial charge in [0.2, 0.25) is 23.6 Å². The standard InChI is InChI=1S/C26H27N9O3/c27-24-29-25(30-26-28-21(31-35(24)26)20-9-5-13-38-20)33-12-4-8-19(33)23(37)34-17-10-11-18(34)15-32(14-17)22(36)16-6-2-1-3-7-16/h1-3,5-7,9,13,17-19H,4,8,10-12,14-15H2,(H2,27,28,29,30,31)/t17?,18?,19-/m0/s1. The summed E-state index contributed by atoms with van der Waals surface area (Å²) in [4.78, 5) is 46.4. The molecule has 1 aromatic carbocycles. The molecule has 12 heteroatoms. The molecule has 2 bridgehead atoms. The van der Waals surface area contributed by atoms with Crippen LogP contribution in [0, 0.1) is 0 Å². The Morgan fingerprint density at radius 3 is 2.47 bits per heavy atom. The Bertz CT molecular complexity index is 1490. The number of carbonyl (C=O) groups is 2. The van der Waals surface area contributed by atoms with Gasteiger partial charge in [-0.3, -0.25) is 9.59 Å². The predicted octanol–water partition coefficient (Wildman–Crippen LogP) is 1.85. The molecule has 2 unspecified atom stereocenters. The number of hydrogen-bond donors (Lipinski definition) is 1. The Kier molecular flexibility index (Phi) is 5.27. The van der Waals surface area contributed by atoms with Crippen molar-refractivity contribution in [2.24, 2.45) is 0 Å². The predicted molar refractivity (Wildman–Crippen MR) is 137 cm³/mol. The summed E-state index contributed by atoms with van der Waals surface area (Å²) < 4.78 is 6.77. The number of nitrogens with two attached hydrogens (primary N) is 1. The zero-order valence-electron chi connectivity index (χ0n) is 20.7. The highest BCUT2D eigenvalue weighted by Gasteiger charge is 2.47. The van der Waals surface area contributed by atoms with Crippen molar-refractivity contribution in [3.05, 3.63) is 54.3 Å². The molecule has 7 rings (SSSR count). The SMILES string of the molecule is Nc1nc(N2CCC[C@H]2C(=O)N2C3CCC2CN(C(=O)c2ccccc2)C3)nc2nc(-c3ccco3)nn12. The molecule has 3 fully saturated rings. The van der Waals surface area contributed by atoms with Crippen molar-refractivity contribution in [2.45, 2.75) is 43.8 Å². The van der Waals surface area contributed by atoms with Crippen molar-refractivity contribution in [1.82, 2.24) is 34.4 Å². The van der Waals surface area contributed by atoms with Gasteiger partial charge in [-0.25, -0.2) is 0 Å². The average Bonchev–Trinajstić information content (AvgIpc) is 3.74. The molecule has 38 heavy (non-hydrogen) atoms. The number of nitrogen functional groups attached to an aromatic ring is 1. The molecule has 3 aromatic heterocycles. The average molecular weight is 514 g/mol. The van der Waals surface area contributed by atoms with Crippen LogP contribution < -0.4 is 10.6 Å². The van der Waals surface area contributed by atoms with Crippen LogP contribution in [0.25, 0.3) is 17.4 Å². The number of carbonyl (C=O) groups excluding carboxylic acids is 2. The topological polar surface area (TPSA) is 139 Å². The van der Waals surface area contributed by atoms with Crippen LogP contribution in [-0.2, 0) is 4.79 Å². The smallest absolute Gasteiger partial charge is 0.259 e. The van der Waals surface area contributed by atoms with Gasteiger partial charge in [0.15, 0.2) is 5.76 Å². The minimum absolute atomic E-state index is 0.0113. The lowest BCUT2D eigenvalue weighted by molar-refractivity contribution is -0.137. The van der Waals surface area contributed by atoms with E-state index < -0.39 is 0 Å². The number of fused-ring (bicyclic) bond motifs is 3. The second kappa shape index (κ2) is 8.82. The van der Waals surface area contributed by atoms with E-state index in [2.05, 4.69) is 20.1 Å². The van der Waals surface area contributed by atoms with Gasteiger partial charge in [0.1, 0.15) is 6.04 Å². The fourth-order valence-corrected chi connectivity index (χ4v) is 6.06. The summed E-state index contributed by atoms with van der Waals surface area (Å²) >= 11 is 0. The molecular weight excluding hydrogens is 486 g/mol. The molecule has 2 N–H and O–H groups in total. The second-order valence-electron chi connectivity index (χ2n) is 10.1. The molecule has 3 aliphatic rings. The molecule has 0 spiro atoms. The minimum atomic E-state index is -0.385. The van der Waals surface area contributed by atoms with E-state index in [4.69, 9.17) is 10.2 Å². The normalized spacial score (nSPS) is 22.9. The van der Waals surface area contributed by atoms with Gasteiger partial charge in [0.25, 0.3) is 11.7 Å². The van der Waals surface area contributed by atoms with Crippen molar-refractivity contribution in [3.8, 4) is 11.6 Å². The van der Waals surface area contributed by atoms with E-state index >= 15 is 0 Å². The van der Waals surface area contributed by atoms with Crippen LogP contribution in [-0.4, -0.2) is 83.9 Å². The molecular formula is C26H27N9O3. The molecule has 0 aliphatic carbocycles. The largest absolute Gasteiger partial charge is 0.461 e. The van der Waals surface area contributed by atoms with E-state index in [9.17, 15) is 9.59 Å². The van der Waals surface area contributed by atoms with Crippen LogP contribution in [0.2, 0.25) is 0 Å². The molecule has 0 saturated carbocycles. The Morgan fingerprint density at radius 2 is 1.74 bits per heavy atom. The Hall–Kier alpha value is -4.48. The summed E-state index contributed by atoms with van der Waals surface area (Å²) in [7, 11) is 0. The van der Waals surface area contributed by atoms with Gasteiger partial charge in [0, 0.05) is 37.3 Å². The van der Waals surface area contributed by atoms with Crippen molar-refractivity contribution >= 4 is 29.5 Å². The number of anilines is 2. The highest BCUT2D eigenvalue weighted by Crippen LogP contribution is 2.34. The van der Waals surface area contributed by atoms with Gasteiger partial charge >= 0.3 is 0 Å². The zero-order chi connectivity index (χ0) is 25.8. The van der Waals surface area contributed by atoms with Gasteiger partial charge in [-0.05, 0) is 49.9 Å². The third-order valence-corrected chi connectivity index (χ3v) is 7.80. The second-order valence-corrected chi connectivity index (χ2v) is 10.1. The van der Waals surface area contributed by atoms with Gasteiger partial charge in [-0.15, -0.1) is 5.10 Å². The van der Waals surface area contributed by atoms with E-state index in [-0.39, 0.29) is 35.9 Å². The lowest BCUT2D eigenvalue weighted by Gasteiger charge is -2.43. The molecule has 3 aliphatic heterocycles. The monoisotopic (exact) mass is 513 g/mol. The maximum absolute atomic E-state index is 13.9. The lowest BCUT2D eigenvalue weighted by atomic mass is 10.1. The molecule has 6 heterocycles. The Balaban J connectivity index is 1.12. The number of rotatable bonds is 4. The fraction of sp³-hybridized carbons (Fsp3) is 0.385. The number of amides is 2. The maximum atomic E-state index is 13.9. The Morgan fingerprint density at radius 1 is 0.947 bits per heavy atom. The van der Waals surface area contributed by atoms with Gasteiger partial charge in [-0.1, -0.05) is 18.2 Å². The quantitative estimate of drug-likeness (QED) is 0.433. The minimum Gasteiger partial charge on any atom is -0.461 e. The molecule has 4 aromatic rings. The summed E-state index contributed by atoms with van der Waals surface area (Å²) in [5, 5.41) is 4.36. The maximum Gasteiger partial charge on any atom is 0.259 e. The first-order valence-electron chi connectivity index (χ1n) is 12.9. The van der Waals surface area contributed by atoms with Crippen LogP contribution >= 0.6 is 0 Å². The summed E-state index contributed by atoms with van der Waals surface area (Å²) in [6, 6.07) is 12.5. The zero-order valence-corrected chi connectivity index (χ0v) is 20.7. The van der Waals surface area contributed by atoms with Crippen LogP contribution in [0.3, 0.4) is 0 Å². The number of furan rings is 1. The van der Waals surface area contributed by atoms with Crippen molar-refractivity contribution < 1.29 is 14.0 Å². The number of aromatic nitrogens is 5.